The molecule has 1 aliphatic heterocycles. The van der Waals surface area contributed by atoms with Gasteiger partial charge in [0.25, 0.3) is 0 Å². The summed E-state index contributed by atoms with van der Waals surface area (Å²) in [7, 11) is 0. The molecule has 2 heterocycles. The van der Waals surface area contributed by atoms with Gasteiger partial charge >= 0.3 is 5.97 Å². The summed E-state index contributed by atoms with van der Waals surface area (Å²) in [6, 6.07) is 7.54. The molecule has 3 rings (SSSR count). The number of rotatable bonds is 5. The van der Waals surface area contributed by atoms with Gasteiger partial charge < -0.3 is 9.47 Å². The smallest absolute Gasteiger partial charge is 0.311 e. The third kappa shape index (κ3) is 3.85. The van der Waals surface area contributed by atoms with Crippen LogP contribution in [0.25, 0.3) is 10.6 Å². The third-order valence-electron chi connectivity index (χ3n) is 3.44. The molecule has 0 spiro atoms. The summed E-state index contributed by atoms with van der Waals surface area (Å²) in [5.74, 6) is -0.272. The van der Waals surface area contributed by atoms with E-state index < -0.39 is 0 Å². The zero-order valence-electron chi connectivity index (χ0n) is 12.0. The summed E-state index contributed by atoms with van der Waals surface area (Å²) in [5, 5.41) is 3.34. The Labute approximate surface area is 138 Å². The molecule has 6 heteroatoms. The molecule has 2 aromatic rings. The van der Waals surface area contributed by atoms with Crippen LogP contribution < -0.4 is 0 Å². The number of nitrogens with zero attached hydrogens (tertiary/aromatic N) is 1. The zero-order chi connectivity index (χ0) is 15.4. The molecule has 1 fully saturated rings. The summed E-state index contributed by atoms with van der Waals surface area (Å²) in [5.41, 5.74) is 1.59. The molecule has 1 saturated heterocycles. The number of carbonyl (C=O) groups is 1. The van der Waals surface area contributed by atoms with Gasteiger partial charge in [-0.05, 0) is 18.9 Å². The fourth-order valence-corrected chi connectivity index (χ4v) is 3.45. The second-order valence-corrected chi connectivity index (χ2v) is 6.38. The SMILES string of the molecule is O=C(Cc1csc(-c2ccccc2Cl)n1)OCC1CCCO1. The van der Waals surface area contributed by atoms with Crippen molar-refractivity contribution >= 4 is 28.9 Å². The van der Waals surface area contributed by atoms with Crippen molar-refractivity contribution < 1.29 is 14.3 Å². The molecule has 1 aromatic carbocycles. The molecular formula is C16H16ClNO3S. The lowest BCUT2D eigenvalue weighted by atomic mass is 10.2. The number of hydrogen-bond acceptors (Lipinski definition) is 5. The van der Waals surface area contributed by atoms with Crippen molar-refractivity contribution in [1.29, 1.82) is 0 Å². The fourth-order valence-electron chi connectivity index (χ4n) is 2.31. The second-order valence-electron chi connectivity index (χ2n) is 5.12. The van der Waals surface area contributed by atoms with E-state index >= 15 is 0 Å². The quantitative estimate of drug-likeness (QED) is 0.780. The number of halogens is 1. The van der Waals surface area contributed by atoms with Crippen molar-refractivity contribution in [2.45, 2.75) is 25.4 Å². The van der Waals surface area contributed by atoms with E-state index in [1.54, 1.807) is 0 Å². The van der Waals surface area contributed by atoms with Crippen LogP contribution in [-0.2, 0) is 20.7 Å². The highest BCUT2D eigenvalue weighted by molar-refractivity contribution is 7.13. The summed E-state index contributed by atoms with van der Waals surface area (Å²) in [6.07, 6.45) is 2.22. The largest absolute Gasteiger partial charge is 0.463 e. The minimum absolute atomic E-state index is 0.0538. The van der Waals surface area contributed by atoms with Gasteiger partial charge in [0.15, 0.2) is 0 Å². The Bertz CT molecular complexity index is 652. The first kappa shape index (κ1) is 15.5. The van der Waals surface area contributed by atoms with Crippen molar-refractivity contribution in [3.8, 4) is 10.6 Å². The average molecular weight is 338 g/mol. The highest BCUT2D eigenvalue weighted by atomic mass is 35.5. The molecule has 116 valence electrons. The highest BCUT2D eigenvalue weighted by Gasteiger charge is 2.18. The Morgan fingerprint density at radius 3 is 3.09 bits per heavy atom. The molecule has 1 atom stereocenters. The van der Waals surface area contributed by atoms with Gasteiger partial charge in [0.2, 0.25) is 0 Å². The van der Waals surface area contributed by atoms with Crippen molar-refractivity contribution in [3.05, 3.63) is 40.4 Å². The van der Waals surface area contributed by atoms with E-state index in [9.17, 15) is 4.79 Å². The van der Waals surface area contributed by atoms with Crippen molar-refractivity contribution in [2.75, 3.05) is 13.2 Å². The summed E-state index contributed by atoms with van der Waals surface area (Å²) >= 11 is 7.63. The lowest BCUT2D eigenvalue weighted by molar-refractivity contribution is -0.146. The molecule has 1 aromatic heterocycles. The maximum atomic E-state index is 11.8. The number of ether oxygens (including phenoxy) is 2. The summed E-state index contributed by atoms with van der Waals surface area (Å²) in [4.78, 5) is 16.3. The van der Waals surface area contributed by atoms with Crippen molar-refractivity contribution in [3.63, 3.8) is 0 Å². The van der Waals surface area contributed by atoms with Crippen molar-refractivity contribution in [2.24, 2.45) is 0 Å². The lowest BCUT2D eigenvalue weighted by Gasteiger charge is -2.09. The Morgan fingerprint density at radius 2 is 2.32 bits per heavy atom. The Morgan fingerprint density at radius 1 is 1.45 bits per heavy atom. The van der Waals surface area contributed by atoms with E-state index in [0.717, 1.165) is 30.0 Å². The van der Waals surface area contributed by atoms with Crippen LogP contribution in [0.1, 0.15) is 18.5 Å². The highest BCUT2D eigenvalue weighted by Crippen LogP contribution is 2.30. The predicted octanol–water partition coefficient (Wildman–Crippen LogP) is 3.73. The van der Waals surface area contributed by atoms with Crippen LogP contribution in [-0.4, -0.2) is 30.3 Å². The van der Waals surface area contributed by atoms with Gasteiger partial charge in [0.1, 0.15) is 11.6 Å². The lowest BCUT2D eigenvalue weighted by Crippen LogP contribution is -2.18. The predicted molar refractivity (Wildman–Crippen MR) is 86.2 cm³/mol. The van der Waals surface area contributed by atoms with Crippen LogP contribution in [0, 0.1) is 0 Å². The first-order valence-corrected chi connectivity index (χ1v) is 8.44. The molecular weight excluding hydrogens is 322 g/mol. The van der Waals surface area contributed by atoms with E-state index in [0.29, 0.717) is 17.3 Å². The number of benzene rings is 1. The van der Waals surface area contributed by atoms with Gasteiger partial charge in [-0.1, -0.05) is 29.8 Å². The maximum Gasteiger partial charge on any atom is 0.311 e. The first-order valence-electron chi connectivity index (χ1n) is 7.19. The van der Waals surface area contributed by atoms with Gasteiger partial charge in [0, 0.05) is 17.6 Å². The fraction of sp³-hybridized carbons (Fsp3) is 0.375. The van der Waals surface area contributed by atoms with Crippen LogP contribution in [0.3, 0.4) is 0 Å². The minimum Gasteiger partial charge on any atom is -0.463 e. The van der Waals surface area contributed by atoms with Gasteiger partial charge in [-0.2, -0.15) is 0 Å². The molecule has 22 heavy (non-hydrogen) atoms. The van der Waals surface area contributed by atoms with E-state index in [-0.39, 0.29) is 18.5 Å². The van der Waals surface area contributed by atoms with Gasteiger partial charge in [0.05, 0.1) is 23.2 Å². The number of thiazole rings is 1. The molecule has 0 saturated carbocycles. The molecule has 0 radical (unpaired) electrons. The van der Waals surface area contributed by atoms with E-state index in [2.05, 4.69) is 4.98 Å². The van der Waals surface area contributed by atoms with Crippen LogP contribution in [0.5, 0.6) is 0 Å². The number of carbonyl (C=O) groups excluding carboxylic acids is 1. The van der Waals surface area contributed by atoms with Crippen LogP contribution in [0.4, 0.5) is 0 Å². The first-order chi connectivity index (χ1) is 10.7. The van der Waals surface area contributed by atoms with Gasteiger partial charge in [-0.15, -0.1) is 11.3 Å². The van der Waals surface area contributed by atoms with Gasteiger partial charge in [-0.3, -0.25) is 4.79 Å². The molecule has 1 unspecified atom stereocenters. The molecule has 0 amide bonds. The normalized spacial score (nSPS) is 17.6. The summed E-state index contributed by atoms with van der Waals surface area (Å²) in [6.45, 7) is 1.09. The standard InChI is InChI=1S/C16H16ClNO3S/c17-14-6-2-1-5-13(14)16-18-11(10-22-16)8-15(19)21-9-12-4-3-7-20-12/h1-2,5-6,10,12H,3-4,7-9H2. The zero-order valence-corrected chi connectivity index (χ0v) is 13.5. The molecule has 0 bridgehead atoms. The van der Waals surface area contributed by atoms with Crippen LogP contribution in [0.15, 0.2) is 29.6 Å². The molecule has 0 N–H and O–H groups in total. The number of hydrogen-bond donors (Lipinski definition) is 0. The molecule has 0 aliphatic carbocycles. The average Bonchev–Trinajstić information content (AvgIpc) is 3.17. The molecule has 1 aliphatic rings. The Hall–Kier alpha value is -1.43. The van der Waals surface area contributed by atoms with Gasteiger partial charge in [-0.25, -0.2) is 4.98 Å². The maximum absolute atomic E-state index is 11.8. The molecule has 4 nitrogen and oxygen atoms in total. The third-order valence-corrected chi connectivity index (χ3v) is 4.69. The van der Waals surface area contributed by atoms with Crippen LogP contribution in [0.2, 0.25) is 5.02 Å². The monoisotopic (exact) mass is 337 g/mol. The van der Waals surface area contributed by atoms with E-state index in [1.807, 2.05) is 29.6 Å². The second kappa shape index (κ2) is 7.22. The number of aromatic nitrogens is 1. The minimum atomic E-state index is -0.272. The Kier molecular flexibility index (Phi) is 5.08. The topological polar surface area (TPSA) is 48.4 Å². The summed E-state index contributed by atoms with van der Waals surface area (Å²) < 4.78 is 10.7. The van der Waals surface area contributed by atoms with Crippen LogP contribution >= 0.6 is 22.9 Å². The Balaban J connectivity index is 1.57. The van der Waals surface area contributed by atoms with E-state index in [4.69, 9.17) is 21.1 Å². The van der Waals surface area contributed by atoms with Crippen molar-refractivity contribution in [1.82, 2.24) is 4.98 Å². The van der Waals surface area contributed by atoms with E-state index in [1.165, 1.54) is 11.3 Å². The number of esters is 1.